The number of nitrogens with zero attached hydrogens (tertiary/aromatic N) is 2. The van der Waals surface area contributed by atoms with Gasteiger partial charge in [0, 0.05) is 5.02 Å². The fourth-order valence-corrected chi connectivity index (χ4v) is 4.07. The second-order valence-electron chi connectivity index (χ2n) is 7.36. The lowest BCUT2D eigenvalue weighted by molar-refractivity contribution is -0.113. The summed E-state index contributed by atoms with van der Waals surface area (Å²) in [6.45, 7) is 3.90. The number of benzene rings is 2. The molecule has 3 rings (SSSR count). The van der Waals surface area contributed by atoms with E-state index in [2.05, 4.69) is 25.8 Å². The van der Waals surface area contributed by atoms with Gasteiger partial charge in [-0.1, -0.05) is 60.9 Å². The van der Waals surface area contributed by atoms with E-state index in [0.29, 0.717) is 33.0 Å². The third-order valence-corrected chi connectivity index (χ3v) is 6.01. The third kappa shape index (κ3) is 6.63. The summed E-state index contributed by atoms with van der Waals surface area (Å²) in [4.78, 5) is 29.5. The first kappa shape index (κ1) is 24.9. The Morgan fingerprint density at radius 2 is 1.94 bits per heavy atom. The minimum atomic E-state index is -0.437. The van der Waals surface area contributed by atoms with Gasteiger partial charge in [-0.3, -0.25) is 14.7 Å². The number of aromatic amines is 1. The predicted octanol–water partition coefficient (Wildman–Crippen LogP) is 4.98. The fraction of sp³-hybridized carbons (Fsp3) is 0.273. The fourth-order valence-electron chi connectivity index (χ4n) is 2.97. The molecule has 0 aliphatic rings. The summed E-state index contributed by atoms with van der Waals surface area (Å²) in [5, 5.41) is 13.9. The van der Waals surface area contributed by atoms with E-state index >= 15 is 0 Å². The molecular weight excluding hydrogens is 485 g/mol. The largest absolute Gasteiger partial charge is 0.495 e. The minimum absolute atomic E-state index is 0.0136. The van der Waals surface area contributed by atoms with Crippen molar-refractivity contribution in [1.29, 1.82) is 0 Å². The summed E-state index contributed by atoms with van der Waals surface area (Å²) in [6.07, 6.45) is 0. The molecule has 1 aromatic heterocycles. The Morgan fingerprint density at radius 1 is 1.18 bits per heavy atom. The first-order valence-electron chi connectivity index (χ1n) is 10.0. The van der Waals surface area contributed by atoms with Crippen LogP contribution in [0.4, 0.5) is 5.69 Å². The molecule has 0 bridgehead atoms. The average molecular weight is 508 g/mol. The SMILES string of the molecule is COc1ccccc1NC(=O)CSc1n[nH]c([C@H](NC(=O)c2ccc(Cl)cc2Cl)C(C)C)n1. The lowest BCUT2D eigenvalue weighted by Gasteiger charge is -2.20. The van der Waals surface area contributed by atoms with Gasteiger partial charge >= 0.3 is 0 Å². The number of aromatic nitrogens is 3. The van der Waals surface area contributed by atoms with E-state index in [1.807, 2.05) is 26.0 Å². The maximum Gasteiger partial charge on any atom is 0.253 e. The van der Waals surface area contributed by atoms with E-state index in [1.165, 1.54) is 17.8 Å². The van der Waals surface area contributed by atoms with Crippen LogP contribution in [0.15, 0.2) is 47.6 Å². The summed E-state index contributed by atoms with van der Waals surface area (Å²) in [5.41, 5.74) is 0.901. The molecule has 0 aliphatic heterocycles. The number of rotatable bonds is 9. The molecule has 1 heterocycles. The zero-order valence-electron chi connectivity index (χ0n) is 18.2. The molecule has 2 amide bonds. The molecule has 8 nitrogen and oxygen atoms in total. The van der Waals surface area contributed by atoms with Crippen molar-refractivity contribution in [2.75, 3.05) is 18.2 Å². The van der Waals surface area contributed by atoms with E-state index in [-0.39, 0.29) is 28.5 Å². The van der Waals surface area contributed by atoms with Gasteiger partial charge in [0.05, 0.1) is 35.2 Å². The average Bonchev–Trinajstić information content (AvgIpc) is 3.24. The van der Waals surface area contributed by atoms with Gasteiger partial charge in [0.2, 0.25) is 11.1 Å². The Morgan fingerprint density at radius 3 is 2.64 bits per heavy atom. The zero-order valence-corrected chi connectivity index (χ0v) is 20.5. The molecule has 1 atom stereocenters. The molecule has 11 heteroatoms. The number of methoxy groups -OCH3 is 1. The molecular formula is C22H23Cl2N5O3S. The van der Waals surface area contributed by atoms with E-state index in [9.17, 15) is 9.59 Å². The summed E-state index contributed by atoms with van der Waals surface area (Å²) in [7, 11) is 1.54. The number of halogens is 2. The number of carbonyl (C=O) groups is 2. The number of thioether (sulfide) groups is 1. The number of ether oxygens (including phenoxy) is 1. The number of H-pyrrole nitrogens is 1. The molecule has 33 heavy (non-hydrogen) atoms. The highest BCUT2D eigenvalue weighted by molar-refractivity contribution is 7.99. The third-order valence-electron chi connectivity index (χ3n) is 4.62. The van der Waals surface area contributed by atoms with Gasteiger partial charge in [0.1, 0.15) is 11.6 Å². The van der Waals surface area contributed by atoms with E-state index < -0.39 is 6.04 Å². The van der Waals surface area contributed by atoms with E-state index in [1.54, 1.807) is 31.4 Å². The van der Waals surface area contributed by atoms with Crippen LogP contribution in [0.2, 0.25) is 10.0 Å². The Kier molecular flexibility index (Phi) is 8.60. The highest BCUT2D eigenvalue weighted by atomic mass is 35.5. The van der Waals surface area contributed by atoms with Gasteiger partial charge in [0.15, 0.2) is 0 Å². The van der Waals surface area contributed by atoms with Gasteiger partial charge in [-0.15, -0.1) is 5.10 Å². The molecule has 0 radical (unpaired) electrons. The Bertz CT molecular complexity index is 1140. The van der Waals surface area contributed by atoms with Crippen molar-refractivity contribution >= 4 is 52.5 Å². The van der Waals surface area contributed by atoms with Crippen molar-refractivity contribution in [3.05, 3.63) is 63.9 Å². The van der Waals surface area contributed by atoms with Crippen LogP contribution in [0.5, 0.6) is 5.75 Å². The van der Waals surface area contributed by atoms with Gasteiger partial charge in [-0.25, -0.2) is 4.98 Å². The van der Waals surface area contributed by atoms with Crippen LogP contribution in [0.1, 0.15) is 36.1 Å². The molecule has 3 N–H and O–H groups in total. The summed E-state index contributed by atoms with van der Waals surface area (Å²) < 4.78 is 5.24. The Hall–Kier alpha value is -2.75. The second-order valence-corrected chi connectivity index (χ2v) is 9.15. The molecule has 0 unspecified atom stereocenters. The maximum absolute atomic E-state index is 12.7. The monoisotopic (exact) mass is 507 g/mol. The van der Waals surface area contributed by atoms with E-state index in [0.717, 1.165) is 0 Å². The number of carbonyl (C=O) groups excluding carboxylic acids is 2. The van der Waals surface area contributed by atoms with Crippen LogP contribution in [0.3, 0.4) is 0 Å². The zero-order chi connectivity index (χ0) is 24.0. The molecule has 0 aliphatic carbocycles. The van der Waals surface area contributed by atoms with Crippen molar-refractivity contribution < 1.29 is 14.3 Å². The van der Waals surface area contributed by atoms with Crippen molar-refractivity contribution in [3.63, 3.8) is 0 Å². The van der Waals surface area contributed by atoms with Gasteiger partial charge < -0.3 is 15.4 Å². The van der Waals surface area contributed by atoms with Crippen LogP contribution in [-0.2, 0) is 4.79 Å². The summed E-state index contributed by atoms with van der Waals surface area (Å²) >= 11 is 13.2. The van der Waals surface area contributed by atoms with Crippen molar-refractivity contribution in [2.24, 2.45) is 5.92 Å². The predicted molar refractivity (Wildman–Crippen MR) is 130 cm³/mol. The van der Waals surface area contributed by atoms with Crippen molar-refractivity contribution in [2.45, 2.75) is 25.0 Å². The number of hydrogen-bond donors (Lipinski definition) is 3. The Balaban J connectivity index is 1.63. The highest BCUT2D eigenvalue weighted by Crippen LogP contribution is 2.26. The molecule has 0 saturated heterocycles. The summed E-state index contributed by atoms with van der Waals surface area (Å²) in [6, 6.07) is 11.4. The van der Waals surface area contributed by atoms with Crippen LogP contribution >= 0.6 is 35.0 Å². The Labute approximate surface area is 205 Å². The summed E-state index contributed by atoms with van der Waals surface area (Å²) in [5.74, 6) is 0.608. The minimum Gasteiger partial charge on any atom is -0.495 e. The molecule has 174 valence electrons. The second kappa shape index (κ2) is 11.4. The van der Waals surface area contributed by atoms with Crippen LogP contribution < -0.4 is 15.4 Å². The van der Waals surface area contributed by atoms with Crippen molar-refractivity contribution in [3.8, 4) is 5.75 Å². The molecule has 0 saturated carbocycles. The number of para-hydroxylation sites is 2. The van der Waals surface area contributed by atoms with Crippen LogP contribution in [-0.4, -0.2) is 39.9 Å². The molecule has 0 fully saturated rings. The lowest BCUT2D eigenvalue weighted by atomic mass is 10.0. The highest BCUT2D eigenvalue weighted by Gasteiger charge is 2.24. The van der Waals surface area contributed by atoms with Crippen LogP contribution in [0.25, 0.3) is 0 Å². The first-order chi connectivity index (χ1) is 15.8. The molecule has 3 aromatic rings. The lowest BCUT2D eigenvalue weighted by Crippen LogP contribution is -2.32. The van der Waals surface area contributed by atoms with Gasteiger partial charge in [0.25, 0.3) is 5.91 Å². The number of hydrogen-bond acceptors (Lipinski definition) is 6. The van der Waals surface area contributed by atoms with Gasteiger partial charge in [-0.2, -0.15) is 0 Å². The van der Waals surface area contributed by atoms with Crippen molar-refractivity contribution in [1.82, 2.24) is 20.5 Å². The van der Waals surface area contributed by atoms with E-state index in [4.69, 9.17) is 27.9 Å². The van der Waals surface area contributed by atoms with Crippen LogP contribution in [0, 0.1) is 5.92 Å². The smallest absolute Gasteiger partial charge is 0.253 e. The standard InChI is InChI=1S/C22H23Cl2N5O3S/c1-12(2)19(26-21(31)14-9-8-13(23)10-15(14)24)20-27-22(29-28-20)33-11-18(30)25-16-6-4-5-7-17(16)32-3/h4-10,12,19H,11H2,1-3H3,(H,25,30)(H,26,31)(H,27,28,29)/t19-/m1/s1. The molecule has 0 spiro atoms. The number of nitrogens with one attached hydrogen (secondary N) is 3. The molecule has 2 aromatic carbocycles. The topological polar surface area (TPSA) is 109 Å². The quantitative estimate of drug-likeness (QED) is 0.352. The number of amides is 2. The van der Waals surface area contributed by atoms with Gasteiger partial charge in [-0.05, 0) is 36.2 Å². The number of anilines is 1. The first-order valence-corrected chi connectivity index (χ1v) is 11.8. The maximum atomic E-state index is 12.7. The normalized spacial score (nSPS) is 11.8.